The van der Waals surface area contributed by atoms with E-state index in [9.17, 15) is 4.79 Å². The van der Waals surface area contributed by atoms with E-state index in [0.29, 0.717) is 18.6 Å². The first-order valence-corrected chi connectivity index (χ1v) is 7.40. The summed E-state index contributed by atoms with van der Waals surface area (Å²) in [6.07, 6.45) is 6.17. The van der Waals surface area contributed by atoms with Gasteiger partial charge in [0.1, 0.15) is 6.04 Å². The number of rotatable bonds is 2. The average Bonchev–Trinajstić information content (AvgIpc) is 3.03. The Labute approximate surface area is 114 Å². The Bertz CT molecular complexity index is 393. The molecule has 3 N–H and O–H groups in total. The Hall–Kier alpha value is -1.12. The van der Waals surface area contributed by atoms with Crippen LogP contribution in [0.5, 0.6) is 0 Å². The summed E-state index contributed by atoms with van der Waals surface area (Å²) in [5, 5.41) is 12.6. The number of hydrogen-bond donors (Lipinski definition) is 2. The van der Waals surface area contributed by atoms with E-state index in [1.807, 2.05) is 0 Å². The van der Waals surface area contributed by atoms with E-state index < -0.39 is 6.04 Å². The number of nitriles is 1. The topological polar surface area (TPSA) is 82.2 Å². The van der Waals surface area contributed by atoms with E-state index >= 15 is 0 Å². The molecule has 4 atom stereocenters. The summed E-state index contributed by atoms with van der Waals surface area (Å²) in [5.74, 6) is 0.279. The van der Waals surface area contributed by atoms with Crippen molar-refractivity contribution in [2.24, 2.45) is 11.7 Å². The molecule has 1 amide bonds. The second-order valence-corrected chi connectivity index (χ2v) is 6.21. The molecule has 0 aromatic carbocycles. The molecule has 3 rings (SSSR count). The first-order valence-electron chi connectivity index (χ1n) is 7.40. The second-order valence-electron chi connectivity index (χ2n) is 6.21. The summed E-state index contributed by atoms with van der Waals surface area (Å²) < 4.78 is 0. The minimum Gasteiger partial charge on any atom is -0.325 e. The summed E-state index contributed by atoms with van der Waals surface area (Å²) in [5.41, 5.74) is 6.21. The number of carbonyl (C=O) groups is 1. The smallest absolute Gasteiger partial charge is 0.240 e. The number of likely N-dealkylation sites (tertiary alicyclic amines) is 1. The van der Waals surface area contributed by atoms with E-state index in [-0.39, 0.29) is 17.9 Å². The number of nitrogens with zero attached hydrogens (tertiary/aromatic N) is 2. The normalized spacial score (nSPS) is 39.1. The van der Waals surface area contributed by atoms with Crippen LogP contribution in [-0.2, 0) is 4.79 Å². The van der Waals surface area contributed by atoms with Gasteiger partial charge in [-0.05, 0) is 44.4 Å². The van der Waals surface area contributed by atoms with Crippen LogP contribution in [0, 0.1) is 17.2 Å². The van der Waals surface area contributed by atoms with Crippen molar-refractivity contribution >= 4 is 5.91 Å². The van der Waals surface area contributed by atoms with Crippen LogP contribution < -0.4 is 11.1 Å². The van der Waals surface area contributed by atoms with E-state index in [4.69, 9.17) is 11.0 Å². The van der Waals surface area contributed by atoms with Gasteiger partial charge in [-0.1, -0.05) is 0 Å². The molecular weight excluding hydrogens is 240 g/mol. The van der Waals surface area contributed by atoms with Gasteiger partial charge < -0.3 is 16.0 Å². The third kappa shape index (κ3) is 2.35. The molecule has 3 saturated heterocycles. The molecule has 3 aliphatic rings. The van der Waals surface area contributed by atoms with Crippen molar-refractivity contribution in [3.8, 4) is 6.07 Å². The van der Waals surface area contributed by atoms with Crippen LogP contribution in [0.15, 0.2) is 0 Å². The fraction of sp³-hybridized carbons (Fsp3) is 0.857. The Morgan fingerprint density at radius 3 is 2.63 bits per heavy atom. The molecule has 0 radical (unpaired) electrons. The fourth-order valence-electron chi connectivity index (χ4n) is 3.95. The Morgan fingerprint density at radius 2 is 2.00 bits per heavy atom. The molecule has 0 spiro atoms. The van der Waals surface area contributed by atoms with Gasteiger partial charge in [-0.2, -0.15) is 5.26 Å². The average molecular weight is 262 g/mol. The zero-order valence-electron chi connectivity index (χ0n) is 11.2. The van der Waals surface area contributed by atoms with E-state index in [1.165, 1.54) is 12.8 Å². The summed E-state index contributed by atoms with van der Waals surface area (Å²) in [7, 11) is 0. The van der Waals surface area contributed by atoms with E-state index in [0.717, 1.165) is 25.7 Å². The summed E-state index contributed by atoms with van der Waals surface area (Å²) in [4.78, 5) is 14.2. The molecular formula is C14H22N4O. The molecule has 4 unspecified atom stereocenters. The number of fused-ring (bicyclic) bond motifs is 2. The van der Waals surface area contributed by atoms with Gasteiger partial charge in [-0.15, -0.1) is 0 Å². The first-order chi connectivity index (χ1) is 9.19. The lowest BCUT2D eigenvalue weighted by Gasteiger charge is -2.34. The zero-order valence-corrected chi connectivity index (χ0v) is 11.2. The third-order valence-corrected chi connectivity index (χ3v) is 4.99. The predicted molar refractivity (Wildman–Crippen MR) is 71.0 cm³/mol. The van der Waals surface area contributed by atoms with Crippen LogP contribution in [0.2, 0.25) is 0 Å². The van der Waals surface area contributed by atoms with E-state index in [2.05, 4.69) is 11.4 Å². The van der Waals surface area contributed by atoms with Gasteiger partial charge in [0.15, 0.2) is 0 Å². The molecule has 104 valence electrons. The van der Waals surface area contributed by atoms with Gasteiger partial charge >= 0.3 is 0 Å². The quantitative estimate of drug-likeness (QED) is 0.752. The molecule has 3 fully saturated rings. The Balaban J connectivity index is 1.65. The zero-order chi connectivity index (χ0) is 13.4. The fourth-order valence-corrected chi connectivity index (χ4v) is 3.95. The van der Waals surface area contributed by atoms with Crippen LogP contribution in [0.25, 0.3) is 0 Å². The van der Waals surface area contributed by atoms with Crippen LogP contribution in [0.4, 0.5) is 0 Å². The van der Waals surface area contributed by atoms with Crippen molar-refractivity contribution in [3.05, 3.63) is 0 Å². The van der Waals surface area contributed by atoms with E-state index in [1.54, 1.807) is 4.90 Å². The van der Waals surface area contributed by atoms with Gasteiger partial charge in [0, 0.05) is 18.6 Å². The molecule has 0 aliphatic carbocycles. The SMILES string of the molecule is N#CC1CCCN1C(=O)C(N)C1CC2CCC(C1)N2. The van der Waals surface area contributed by atoms with Crippen molar-refractivity contribution in [3.63, 3.8) is 0 Å². The maximum atomic E-state index is 12.5. The predicted octanol–water partition coefficient (Wildman–Crippen LogP) is 0.359. The van der Waals surface area contributed by atoms with Gasteiger partial charge in [0.2, 0.25) is 5.91 Å². The molecule has 5 nitrogen and oxygen atoms in total. The lowest BCUT2D eigenvalue weighted by atomic mass is 9.86. The molecule has 3 heterocycles. The third-order valence-electron chi connectivity index (χ3n) is 4.99. The highest BCUT2D eigenvalue weighted by Crippen LogP contribution is 2.33. The molecule has 0 saturated carbocycles. The maximum Gasteiger partial charge on any atom is 0.240 e. The van der Waals surface area contributed by atoms with Gasteiger partial charge in [0.25, 0.3) is 0 Å². The highest BCUT2D eigenvalue weighted by Gasteiger charge is 2.40. The van der Waals surface area contributed by atoms with Gasteiger partial charge in [0.05, 0.1) is 12.1 Å². The van der Waals surface area contributed by atoms with Crippen LogP contribution in [0.1, 0.15) is 38.5 Å². The second kappa shape index (κ2) is 5.10. The van der Waals surface area contributed by atoms with Gasteiger partial charge in [-0.3, -0.25) is 4.79 Å². The molecule has 5 heteroatoms. The molecule has 0 aromatic rings. The molecule has 3 aliphatic heterocycles. The van der Waals surface area contributed by atoms with Crippen molar-refractivity contribution in [1.29, 1.82) is 5.26 Å². The van der Waals surface area contributed by atoms with Crippen LogP contribution in [-0.4, -0.2) is 41.5 Å². The summed E-state index contributed by atoms with van der Waals surface area (Å²) in [6, 6.07) is 2.65. The van der Waals surface area contributed by atoms with Crippen LogP contribution >= 0.6 is 0 Å². The number of amides is 1. The molecule has 0 aromatic heterocycles. The lowest BCUT2D eigenvalue weighted by molar-refractivity contribution is -0.134. The number of nitrogens with two attached hydrogens (primary N) is 1. The van der Waals surface area contributed by atoms with Crippen LogP contribution in [0.3, 0.4) is 0 Å². The minimum absolute atomic E-state index is 0.00431. The highest BCUT2D eigenvalue weighted by molar-refractivity contribution is 5.83. The van der Waals surface area contributed by atoms with Crippen molar-refractivity contribution in [1.82, 2.24) is 10.2 Å². The highest BCUT2D eigenvalue weighted by atomic mass is 16.2. The largest absolute Gasteiger partial charge is 0.325 e. The summed E-state index contributed by atoms with van der Waals surface area (Å²) in [6.45, 7) is 0.697. The van der Waals surface area contributed by atoms with Gasteiger partial charge in [-0.25, -0.2) is 0 Å². The molecule has 2 bridgehead atoms. The monoisotopic (exact) mass is 262 g/mol. The first kappa shape index (κ1) is 12.9. The lowest BCUT2D eigenvalue weighted by Crippen LogP contribution is -2.53. The van der Waals surface area contributed by atoms with Crippen molar-refractivity contribution in [2.45, 2.75) is 62.7 Å². The number of carbonyl (C=O) groups excluding carboxylic acids is 1. The Kier molecular flexibility index (Phi) is 3.46. The Morgan fingerprint density at radius 1 is 1.32 bits per heavy atom. The minimum atomic E-state index is -0.417. The standard InChI is InChI=1S/C14H22N4O/c15-8-12-2-1-5-18(12)14(19)13(16)9-6-10-3-4-11(7-9)17-10/h9-13,17H,1-7,16H2. The number of hydrogen-bond acceptors (Lipinski definition) is 4. The number of nitrogens with one attached hydrogen (secondary N) is 1. The van der Waals surface area contributed by atoms with Crippen molar-refractivity contribution in [2.75, 3.05) is 6.54 Å². The summed E-state index contributed by atoms with van der Waals surface area (Å²) >= 11 is 0. The van der Waals surface area contributed by atoms with Crippen molar-refractivity contribution < 1.29 is 4.79 Å². The maximum absolute atomic E-state index is 12.5. The molecule has 19 heavy (non-hydrogen) atoms. The number of piperidine rings is 1.